The third-order valence-corrected chi connectivity index (χ3v) is 4.51. The Kier molecular flexibility index (Phi) is 4.84. The maximum absolute atomic E-state index is 12.2. The number of rotatable bonds is 3. The molecule has 4 heteroatoms. The molecule has 1 aliphatic carbocycles. The smallest absolute Gasteiger partial charge is 0.251 e. The lowest BCUT2D eigenvalue weighted by atomic mass is 9.99. The Morgan fingerprint density at radius 1 is 1.22 bits per heavy atom. The van der Waals surface area contributed by atoms with Gasteiger partial charge in [0.1, 0.15) is 0 Å². The monoisotopic (exact) mass is 373 g/mol. The molecule has 0 radical (unpaired) electrons. The van der Waals surface area contributed by atoms with Crippen molar-refractivity contribution in [2.24, 2.45) is 5.92 Å². The van der Waals surface area contributed by atoms with Crippen LogP contribution in [0.3, 0.4) is 0 Å². The summed E-state index contributed by atoms with van der Waals surface area (Å²) in [6, 6.07) is 5.89. The molecule has 0 spiro atoms. The van der Waals surface area contributed by atoms with Crippen molar-refractivity contribution in [1.29, 1.82) is 0 Å². The molecule has 0 aliphatic heterocycles. The maximum Gasteiger partial charge on any atom is 0.251 e. The zero-order chi connectivity index (χ0) is 13.1. The fourth-order valence-electron chi connectivity index (χ4n) is 2.55. The van der Waals surface area contributed by atoms with Crippen LogP contribution in [0.15, 0.2) is 27.1 Å². The van der Waals surface area contributed by atoms with Gasteiger partial charge in [0.25, 0.3) is 5.91 Å². The average molecular weight is 375 g/mol. The molecule has 1 N–H and O–H groups in total. The van der Waals surface area contributed by atoms with E-state index in [2.05, 4.69) is 44.1 Å². The minimum absolute atomic E-state index is 0.0106. The summed E-state index contributed by atoms with van der Waals surface area (Å²) in [4.78, 5) is 12.2. The molecule has 2 rings (SSSR count). The van der Waals surface area contributed by atoms with E-state index in [0.717, 1.165) is 8.95 Å². The fraction of sp³-hybridized carbons (Fsp3) is 0.500. The lowest BCUT2D eigenvalue weighted by Gasteiger charge is -2.20. The van der Waals surface area contributed by atoms with E-state index in [4.69, 9.17) is 0 Å². The maximum atomic E-state index is 12.2. The van der Waals surface area contributed by atoms with Gasteiger partial charge in [0.2, 0.25) is 0 Å². The molecule has 1 amide bonds. The van der Waals surface area contributed by atoms with Gasteiger partial charge in [0, 0.05) is 20.6 Å². The van der Waals surface area contributed by atoms with Crippen molar-refractivity contribution in [1.82, 2.24) is 5.32 Å². The first kappa shape index (κ1) is 14.1. The van der Waals surface area contributed by atoms with Gasteiger partial charge in [0.15, 0.2) is 0 Å². The molecule has 0 heterocycles. The van der Waals surface area contributed by atoms with Crippen LogP contribution < -0.4 is 5.32 Å². The first-order valence-electron chi connectivity index (χ1n) is 6.33. The van der Waals surface area contributed by atoms with Crippen LogP contribution in [0.1, 0.15) is 43.0 Å². The molecule has 1 aromatic carbocycles. The molecule has 1 unspecified atom stereocenters. The number of hydrogen-bond acceptors (Lipinski definition) is 1. The van der Waals surface area contributed by atoms with Crippen LogP contribution in [0.25, 0.3) is 0 Å². The Balaban J connectivity index is 2.02. The van der Waals surface area contributed by atoms with Crippen LogP contribution in [-0.2, 0) is 0 Å². The second-order valence-corrected chi connectivity index (χ2v) is 6.80. The third-order valence-electron chi connectivity index (χ3n) is 3.59. The number of amides is 1. The molecule has 1 aromatic rings. The second kappa shape index (κ2) is 6.20. The Morgan fingerprint density at radius 3 is 2.33 bits per heavy atom. The molecule has 2 nitrogen and oxygen atoms in total. The molecule has 1 saturated carbocycles. The highest BCUT2D eigenvalue weighted by Crippen LogP contribution is 2.28. The van der Waals surface area contributed by atoms with Gasteiger partial charge in [-0.25, -0.2) is 0 Å². The van der Waals surface area contributed by atoms with Crippen molar-refractivity contribution in [3.05, 3.63) is 32.7 Å². The van der Waals surface area contributed by atoms with Crippen LogP contribution >= 0.6 is 31.9 Å². The van der Waals surface area contributed by atoms with Crippen LogP contribution in [0.2, 0.25) is 0 Å². The third kappa shape index (κ3) is 3.58. The number of benzene rings is 1. The summed E-state index contributed by atoms with van der Waals surface area (Å²) in [6.07, 6.45) is 5.08. The predicted molar refractivity (Wildman–Crippen MR) is 80.7 cm³/mol. The number of hydrogen-bond donors (Lipinski definition) is 1. The first-order valence-corrected chi connectivity index (χ1v) is 7.92. The zero-order valence-corrected chi connectivity index (χ0v) is 13.6. The molecular formula is C14H17Br2NO. The van der Waals surface area contributed by atoms with Gasteiger partial charge in [-0.15, -0.1) is 0 Å². The van der Waals surface area contributed by atoms with Gasteiger partial charge in [0.05, 0.1) is 0 Å². The summed E-state index contributed by atoms with van der Waals surface area (Å²) in [5.41, 5.74) is 0.695. The average Bonchev–Trinajstić information content (AvgIpc) is 2.80. The fourth-order valence-corrected chi connectivity index (χ4v) is 3.84. The predicted octanol–water partition coefficient (Wildman–Crippen LogP) is 4.52. The minimum atomic E-state index is 0.0106. The van der Waals surface area contributed by atoms with Gasteiger partial charge in [-0.05, 0) is 43.9 Å². The van der Waals surface area contributed by atoms with Crippen LogP contribution in [-0.4, -0.2) is 11.9 Å². The lowest BCUT2D eigenvalue weighted by molar-refractivity contribution is 0.0927. The summed E-state index contributed by atoms with van der Waals surface area (Å²) in [6.45, 7) is 2.11. The van der Waals surface area contributed by atoms with Crippen LogP contribution in [0.5, 0.6) is 0 Å². The SMILES string of the molecule is CC(NC(=O)c1cc(Br)cc(Br)c1)C1CCCC1. The molecule has 18 heavy (non-hydrogen) atoms. The Labute approximate surface area is 125 Å². The molecular weight excluding hydrogens is 358 g/mol. The largest absolute Gasteiger partial charge is 0.349 e. The molecule has 1 fully saturated rings. The summed E-state index contributed by atoms with van der Waals surface area (Å²) >= 11 is 6.81. The number of nitrogens with one attached hydrogen (secondary N) is 1. The van der Waals surface area contributed by atoms with E-state index < -0.39 is 0 Å². The Morgan fingerprint density at radius 2 is 1.78 bits per heavy atom. The summed E-state index contributed by atoms with van der Waals surface area (Å²) < 4.78 is 1.83. The highest BCUT2D eigenvalue weighted by Gasteiger charge is 2.23. The molecule has 0 saturated heterocycles. The van der Waals surface area contributed by atoms with Gasteiger partial charge in [-0.2, -0.15) is 0 Å². The van der Waals surface area contributed by atoms with E-state index in [0.29, 0.717) is 11.5 Å². The van der Waals surface area contributed by atoms with Crippen molar-refractivity contribution in [2.45, 2.75) is 38.6 Å². The number of halogens is 2. The summed E-state index contributed by atoms with van der Waals surface area (Å²) in [7, 11) is 0. The number of carbonyl (C=O) groups excluding carboxylic acids is 1. The topological polar surface area (TPSA) is 29.1 Å². The van der Waals surface area contributed by atoms with E-state index in [-0.39, 0.29) is 11.9 Å². The van der Waals surface area contributed by atoms with Crippen molar-refractivity contribution in [3.63, 3.8) is 0 Å². The van der Waals surface area contributed by atoms with Crippen LogP contribution in [0.4, 0.5) is 0 Å². The normalized spacial score (nSPS) is 17.7. The summed E-state index contributed by atoms with van der Waals surface area (Å²) in [5, 5.41) is 3.11. The van der Waals surface area contributed by atoms with Gasteiger partial charge in [-0.3, -0.25) is 4.79 Å². The standard InChI is InChI=1S/C14H17Br2NO/c1-9(10-4-2-3-5-10)17-14(18)11-6-12(15)8-13(16)7-11/h6-10H,2-5H2,1H3,(H,17,18). The van der Waals surface area contributed by atoms with E-state index in [1.807, 2.05) is 18.2 Å². The summed E-state index contributed by atoms with van der Waals surface area (Å²) in [5.74, 6) is 0.654. The van der Waals surface area contributed by atoms with Gasteiger partial charge in [-0.1, -0.05) is 44.7 Å². The molecule has 1 aliphatic rings. The first-order chi connectivity index (χ1) is 8.56. The van der Waals surface area contributed by atoms with E-state index in [9.17, 15) is 4.79 Å². The minimum Gasteiger partial charge on any atom is -0.349 e. The lowest BCUT2D eigenvalue weighted by Crippen LogP contribution is -2.37. The van der Waals surface area contributed by atoms with Crippen molar-refractivity contribution in [3.8, 4) is 0 Å². The van der Waals surface area contributed by atoms with E-state index in [1.54, 1.807) is 0 Å². The molecule has 1 atom stereocenters. The Hall–Kier alpha value is -0.350. The van der Waals surface area contributed by atoms with Gasteiger partial charge < -0.3 is 5.32 Å². The second-order valence-electron chi connectivity index (χ2n) is 4.96. The van der Waals surface area contributed by atoms with Crippen molar-refractivity contribution in [2.75, 3.05) is 0 Å². The van der Waals surface area contributed by atoms with Crippen molar-refractivity contribution >= 4 is 37.8 Å². The number of carbonyl (C=O) groups is 1. The molecule has 0 bridgehead atoms. The highest BCUT2D eigenvalue weighted by atomic mass is 79.9. The molecule has 98 valence electrons. The highest BCUT2D eigenvalue weighted by molar-refractivity contribution is 9.11. The molecule has 0 aromatic heterocycles. The zero-order valence-electron chi connectivity index (χ0n) is 10.4. The van der Waals surface area contributed by atoms with Crippen LogP contribution in [0, 0.1) is 5.92 Å². The van der Waals surface area contributed by atoms with E-state index >= 15 is 0 Å². The Bertz CT molecular complexity index is 421. The van der Waals surface area contributed by atoms with Gasteiger partial charge >= 0.3 is 0 Å². The quantitative estimate of drug-likeness (QED) is 0.827. The van der Waals surface area contributed by atoms with E-state index in [1.165, 1.54) is 25.7 Å². The van der Waals surface area contributed by atoms with Crippen molar-refractivity contribution < 1.29 is 4.79 Å².